The van der Waals surface area contributed by atoms with Crippen molar-refractivity contribution >= 4 is 5.97 Å². The van der Waals surface area contributed by atoms with Crippen molar-refractivity contribution in [2.45, 2.75) is 51.2 Å². The van der Waals surface area contributed by atoms with Crippen LogP contribution >= 0.6 is 0 Å². The van der Waals surface area contributed by atoms with Gasteiger partial charge in [0, 0.05) is 12.4 Å². The Kier molecular flexibility index (Phi) is 7.28. The van der Waals surface area contributed by atoms with Crippen LogP contribution in [0.2, 0.25) is 0 Å². The van der Waals surface area contributed by atoms with Crippen LogP contribution in [-0.2, 0) is 4.79 Å². The monoisotopic (exact) mass is 308 g/mol. The predicted molar refractivity (Wildman–Crippen MR) is 59.5 cm³/mol. The van der Waals surface area contributed by atoms with Crippen molar-refractivity contribution in [1.29, 1.82) is 0 Å². The first kappa shape index (κ1) is 16.9. The van der Waals surface area contributed by atoms with Crippen LogP contribution in [0.25, 0.3) is 0 Å². The van der Waals surface area contributed by atoms with Crippen LogP contribution in [0.3, 0.4) is 0 Å². The predicted octanol–water partition coefficient (Wildman–Crippen LogP) is -3.10. The number of carboxylic acid groups (broad SMARTS) is 1. The number of quaternary nitrogens is 1. The summed E-state index contributed by atoms with van der Waals surface area (Å²) in [6.07, 6.45) is 6.18. The number of fused-ring (bicyclic) bond motifs is 1. The summed E-state index contributed by atoms with van der Waals surface area (Å²) < 4.78 is 1.15. The van der Waals surface area contributed by atoms with Crippen molar-refractivity contribution < 1.29 is 36.5 Å². The highest BCUT2D eigenvalue weighted by Crippen LogP contribution is 2.31. The van der Waals surface area contributed by atoms with E-state index in [4.69, 9.17) is 9.90 Å². The zero-order valence-corrected chi connectivity index (χ0v) is 12.3. The molecule has 5 heteroatoms. The van der Waals surface area contributed by atoms with Gasteiger partial charge in [-0.1, -0.05) is 0 Å². The third-order valence-electron chi connectivity index (χ3n) is 3.83. The molecule has 1 unspecified atom stereocenters. The van der Waals surface area contributed by atoms with Crippen molar-refractivity contribution in [2.75, 3.05) is 20.1 Å². The number of aliphatic hydroxyl groups is 1. The maximum absolute atomic E-state index is 9.85. The molecule has 2 aliphatic rings. The van der Waals surface area contributed by atoms with Gasteiger partial charge in [-0.2, -0.15) is 0 Å². The standard InChI is InChI=1S/C10H20NO.C2H4O2.BrH/c1-11-7-3-2-5-9(11)10(12)6-4-8-11;1-2(3)4;/h9-10,12H,2-8H2,1H3;1H3,(H,3,4);1H/q+1;;/p-2/t9-,10+,11?;;/m1../s1. The van der Waals surface area contributed by atoms with Gasteiger partial charge in [0.1, 0.15) is 12.1 Å². The summed E-state index contributed by atoms with van der Waals surface area (Å²) in [5.74, 6) is -1.08. The number of nitrogens with zero attached hydrogens (tertiary/aromatic N) is 1. The van der Waals surface area contributed by atoms with Crippen LogP contribution in [-0.4, -0.2) is 47.8 Å². The molecule has 17 heavy (non-hydrogen) atoms. The van der Waals surface area contributed by atoms with Crippen LogP contribution < -0.4 is 22.1 Å². The fourth-order valence-electron chi connectivity index (χ4n) is 3.04. The lowest BCUT2D eigenvalue weighted by molar-refractivity contribution is -0.946. The molecule has 0 aromatic heterocycles. The number of likely N-dealkylation sites (N-methyl/N-ethyl adjacent to an activating group) is 1. The molecular formula is C12H23BrNO3-. The van der Waals surface area contributed by atoms with Gasteiger partial charge in [0.15, 0.2) is 0 Å². The van der Waals surface area contributed by atoms with Crippen LogP contribution in [0.1, 0.15) is 39.0 Å². The van der Waals surface area contributed by atoms with Crippen LogP contribution in [0.5, 0.6) is 0 Å². The van der Waals surface area contributed by atoms with Gasteiger partial charge >= 0.3 is 0 Å². The Balaban J connectivity index is 0.000000453. The minimum Gasteiger partial charge on any atom is -1.00 e. The van der Waals surface area contributed by atoms with Crippen LogP contribution in [0.4, 0.5) is 0 Å². The van der Waals surface area contributed by atoms with Gasteiger partial charge in [-0.15, -0.1) is 0 Å². The van der Waals surface area contributed by atoms with E-state index in [0.29, 0.717) is 6.04 Å². The number of aliphatic hydroxyl groups excluding tert-OH is 1. The first-order chi connectivity index (χ1) is 7.46. The second-order valence-corrected chi connectivity index (χ2v) is 5.19. The van der Waals surface area contributed by atoms with E-state index in [1.165, 1.54) is 38.8 Å². The largest absolute Gasteiger partial charge is 1.00 e. The highest BCUT2D eigenvalue weighted by atomic mass is 79.9. The molecule has 0 aliphatic carbocycles. The van der Waals surface area contributed by atoms with E-state index in [1.54, 1.807) is 0 Å². The smallest absolute Gasteiger partial charge is 0.115 e. The van der Waals surface area contributed by atoms with Crippen molar-refractivity contribution in [1.82, 2.24) is 0 Å². The van der Waals surface area contributed by atoms with Crippen molar-refractivity contribution in [3.8, 4) is 0 Å². The molecule has 102 valence electrons. The molecule has 3 atom stereocenters. The van der Waals surface area contributed by atoms with Crippen LogP contribution in [0, 0.1) is 0 Å². The summed E-state index contributed by atoms with van der Waals surface area (Å²) in [4.78, 5) is 8.89. The Hall–Kier alpha value is -0.130. The molecule has 0 aromatic rings. The molecule has 4 nitrogen and oxygen atoms in total. The normalized spacial score (nSPS) is 35.7. The molecule has 2 rings (SSSR count). The van der Waals surface area contributed by atoms with E-state index in [1.807, 2.05) is 0 Å². The molecular weight excluding hydrogens is 286 g/mol. The second kappa shape index (κ2) is 7.34. The molecule has 2 aliphatic heterocycles. The van der Waals surface area contributed by atoms with Gasteiger partial charge in [0.25, 0.3) is 0 Å². The summed E-state index contributed by atoms with van der Waals surface area (Å²) in [5, 5.41) is 18.7. The summed E-state index contributed by atoms with van der Waals surface area (Å²) in [5.41, 5.74) is 0. The molecule has 0 radical (unpaired) electrons. The van der Waals surface area contributed by atoms with Gasteiger partial charge in [-0.05, 0) is 32.6 Å². The van der Waals surface area contributed by atoms with Gasteiger partial charge in [-0.25, -0.2) is 0 Å². The van der Waals surface area contributed by atoms with Crippen molar-refractivity contribution in [3.63, 3.8) is 0 Å². The topological polar surface area (TPSA) is 60.4 Å². The fourth-order valence-corrected chi connectivity index (χ4v) is 3.04. The van der Waals surface area contributed by atoms with E-state index in [2.05, 4.69) is 7.05 Å². The van der Waals surface area contributed by atoms with E-state index in [9.17, 15) is 5.11 Å². The number of halogens is 1. The van der Waals surface area contributed by atoms with Gasteiger partial charge < -0.3 is 36.5 Å². The number of carbonyl (C=O) groups is 1. The number of carbonyl (C=O) groups excluding carboxylic acids is 1. The average Bonchev–Trinajstić information content (AvgIpc) is 2.16. The van der Waals surface area contributed by atoms with E-state index in [0.717, 1.165) is 17.8 Å². The van der Waals surface area contributed by atoms with E-state index >= 15 is 0 Å². The Labute approximate surface area is 114 Å². The lowest BCUT2D eigenvalue weighted by atomic mass is 9.88. The number of hydrogen-bond acceptors (Lipinski definition) is 3. The maximum atomic E-state index is 9.85. The number of hydrogen-bond donors (Lipinski definition) is 1. The molecule has 1 N–H and O–H groups in total. The highest BCUT2D eigenvalue weighted by molar-refractivity contribution is 5.60. The molecule has 2 saturated heterocycles. The van der Waals surface area contributed by atoms with Crippen molar-refractivity contribution in [2.24, 2.45) is 0 Å². The lowest BCUT2D eigenvalue weighted by Gasteiger charge is -2.49. The molecule has 0 aromatic carbocycles. The van der Waals surface area contributed by atoms with Crippen molar-refractivity contribution in [3.05, 3.63) is 0 Å². The van der Waals surface area contributed by atoms with E-state index in [-0.39, 0.29) is 23.1 Å². The SMILES string of the molecule is CC(=O)[O-].C[N+]12CCCC[C@@H]1[C@@H](O)CCC2.[Br-]. The number of carboxylic acids is 1. The first-order valence-corrected chi connectivity index (χ1v) is 6.15. The molecule has 0 saturated carbocycles. The Morgan fingerprint density at radius 2 is 1.76 bits per heavy atom. The number of rotatable bonds is 0. The minimum absolute atomic E-state index is 0. The molecule has 2 fully saturated rings. The molecule has 2 heterocycles. The number of aliphatic carboxylic acids is 1. The van der Waals surface area contributed by atoms with Gasteiger partial charge in [-0.3, -0.25) is 0 Å². The average molecular weight is 309 g/mol. The maximum Gasteiger partial charge on any atom is 0.115 e. The zero-order valence-electron chi connectivity index (χ0n) is 10.7. The number of piperidine rings is 2. The molecule has 0 bridgehead atoms. The Morgan fingerprint density at radius 3 is 2.29 bits per heavy atom. The molecule has 0 amide bonds. The fraction of sp³-hybridized carbons (Fsp3) is 0.917. The molecule has 0 spiro atoms. The minimum atomic E-state index is -1.08. The summed E-state index contributed by atoms with van der Waals surface area (Å²) in [6, 6.07) is 0.562. The van der Waals surface area contributed by atoms with Gasteiger partial charge in [0.2, 0.25) is 0 Å². The van der Waals surface area contributed by atoms with Gasteiger partial charge in [0.05, 0.1) is 20.1 Å². The Morgan fingerprint density at radius 1 is 1.24 bits per heavy atom. The summed E-state index contributed by atoms with van der Waals surface area (Å²) in [7, 11) is 2.33. The van der Waals surface area contributed by atoms with E-state index < -0.39 is 5.97 Å². The quantitative estimate of drug-likeness (QED) is 0.482. The highest BCUT2D eigenvalue weighted by Gasteiger charge is 2.42. The lowest BCUT2D eigenvalue weighted by Crippen LogP contribution is -3.00. The van der Waals surface area contributed by atoms with Crippen LogP contribution in [0.15, 0.2) is 0 Å². The Bertz CT molecular complexity index is 242. The third-order valence-corrected chi connectivity index (χ3v) is 3.83. The summed E-state index contributed by atoms with van der Waals surface area (Å²) in [6.45, 7) is 3.56. The zero-order chi connectivity index (χ0) is 12.2. The third kappa shape index (κ3) is 4.94. The second-order valence-electron chi connectivity index (χ2n) is 5.19. The first-order valence-electron chi connectivity index (χ1n) is 6.15. The summed E-state index contributed by atoms with van der Waals surface area (Å²) >= 11 is 0.